The third-order valence-corrected chi connectivity index (χ3v) is 5.76. The van der Waals surface area contributed by atoms with Crippen LogP contribution in [0.1, 0.15) is 45.1 Å². The van der Waals surface area contributed by atoms with Crippen LogP contribution in [0, 0.1) is 5.92 Å². The van der Waals surface area contributed by atoms with Crippen molar-refractivity contribution in [1.82, 2.24) is 9.80 Å². The Bertz CT molecular complexity index is 572. The van der Waals surface area contributed by atoms with Crippen LogP contribution in [0.25, 0.3) is 0 Å². The van der Waals surface area contributed by atoms with Crippen molar-refractivity contribution < 1.29 is 4.79 Å². The Morgan fingerprint density at radius 2 is 1.83 bits per heavy atom. The molecule has 1 aromatic rings. The maximum Gasteiger partial charge on any atom is 0.227 e. The van der Waals surface area contributed by atoms with Gasteiger partial charge in [0.1, 0.15) is 0 Å². The van der Waals surface area contributed by atoms with Gasteiger partial charge in [0.05, 0.1) is 6.42 Å². The molecule has 2 saturated heterocycles. The number of amides is 1. The zero-order valence-electron chi connectivity index (χ0n) is 14.9. The van der Waals surface area contributed by atoms with Crippen LogP contribution in [0.5, 0.6) is 0 Å². The lowest BCUT2D eigenvalue weighted by molar-refractivity contribution is -0.134. The van der Waals surface area contributed by atoms with Crippen molar-refractivity contribution >= 4 is 17.5 Å². The summed E-state index contributed by atoms with van der Waals surface area (Å²) >= 11 is 5.94. The number of nitrogens with zero attached hydrogens (tertiary/aromatic N) is 2. The number of likely N-dealkylation sites (tertiary alicyclic amines) is 2. The fourth-order valence-electron chi connectivity index (χ4n) is 4.40. The normalized spacial score (nSPS) is 24.9. The summed E-state index contributed by atoms with van der Waals surface area (Å²) in [5.74, 6) is 0.938. The van der Waals surface area contributed by atoms with Gasteiger partial charge in [-0.3, -0.25) is 9.69 Å². The fraction of sp³-hybridized carbons (Fsp3) is 0.650. The highest BCUT2D eigenvalue weighted by molar-refractivity contribution is 6.30. The molecule has 1 aromatic carbocycles. The number of benzene rings is 1. The molecule has 2 aliphatic heterocycles. The summed E-state index contributed by atoms with van der Waals surface area (Å²) in [6.07, 6.45) is 5.36. The van der Waals surface area contributed by atoms with E-state index in [0.29, 0.717) is 12.3 Å². The SMILES string of the molecule is CC(C)CN1CCC[C@@]12CCCN(C(=O)Cc1ccc(Cl)cc1)C2. The molecule has 0 bridgehead atoms. The molecule has 2 fully saturated rings. The van der Waals surface area contributed by atoms with Gasteiger partial charge in [0, 0.05) is 30.2 Å². The quantitative estimate of drug-likeness (QED) is 0.821. The Balaban J connectivity index is 1.66. The average molecular weight is 349 g/mol. The van der Waals surface area contributed by atoms with Crippen molar-refractivity contribution in [3.05, 3.63) is 34.9 Å². The Labute approximate surface area is 151 Å². The van der Waals surface area contributed by atoms with Gasteiger partial charge in [0.2, 0.25) is 5.91 Å². The molecule has 0 aliphatic carbocycles. The largest absolute Gasteiger partial charge is 0.341 e. The van der Waals surface area contributed by atoms with Crippen molar-refractivity contribution in [1.29, 1.82) is 0 Å². The van der Waals surface area contributed by atoms with E-state index in [0.717, 1.165) is 36.6 Å². The van der Waals surface area contributed by atoms with E-state index in [1.807, 2.05) is 24.3 Å². The van der Waals surface area contributed by atoms with E-state index in [4.69, 9.17) is 11.6 Å². The van der Waals surface area contributed by atoms with Gasteiger partial charge in [0.15, 0.2) is 0 Å². The third-order valence-electron chi connectivity index (χ3n) is 5.50. The van der Waals surface area contributed by atoms with Crippen LogP contribution in [-0.4, -0.2) is 47.4 Å². The Morgan fingerprint density at radius 3 is 2.50 bits per heavy atom. The zero-order valence-corrected chi connectivity index (χ0v) is 15.7. The van der Waals surface area contributed by atoms with Crippen LogP contribution < -0.4 is 0 Å². The zero-order chi connectivity index (χ0) is 17.2. The molecule has 24 heavy (non-hydrogen) atoms. The van der Waals surface area contributed by atoms with Crippen molar-refractivity contribution in [2.75, 3.05) is 26.2 Å². The molecular weight excluding hydrogens is 320 g/mol. The maximum absolute atomic E-state index is 12.8. The van der Waals surface area contributed by atoms with Crippen LogP contribution >= 0.6 is 11.6 Å². The van der Waals surface area contributed by atoms with Gasteiger partial charge in [-0.2, -0.15) is 0 Å². The lowest BCUT2D eigenvalue weighted by atomic mass is 9.85. The minimum Gasteiger partial charge on any atom is -0.341 e. The highest BCUT2D eigenvalue weighted by Gasteiger charge is 2.44. The summed E-state index contributed by atoms with van der Waals surface area (Å²) in [5.41, 5.74) is 1.28. The molecule has 1 atom stereocenters. The van der Waals surface area contributed by atoms with Gasteiger partial charge in [-0.1, -0.05) is 37.6 Å². The van der Waals surface area contributed by atoms with Gasteiger partial charge in [0.25, 0.3) is 0 Å². The third kappa shape index (κ3) is 3.94. The molecule has 132 valence electrons. The molecule has 2 heterocycles. The summed E-state index contributed by atoms with van der Waals surface area (Å²) in [4.78, 5) is 17.6. The number of carbonyl (C=O) groups excluding carboxylic acids is 1. The number of rotatable bonds is 4. The summed E-state index contributed by atoms with van der Waals surface area (Å²) < 4.78 is 0. The van der Waals surface area contributed by atoms with Crippen LogP contribution in [0.3, 0.4) is 0 Å². The first-order chi connectivity index (χ1) is 11.5. The highest BCUT2D eigenvalue weighted by Crippen LogP contribution is 2.37. The molecule has 3 rings (SSSR count). The number of hydrogen-bond donors (Lipinski definition) is 0. The van der Waals surface area contributed by atoms with Crippen molar-refractivity contribution in [3.63, 3.8) is 0 Å². The second kappa shape index (κ2) is 7.45. The predicted octanol–water partition coefficient (Wildman–Crippen LogP) is 4.00. The first-order valence-electron chi connectivity index (χ1n) is 9.26. The average Bonchev–Trinajstić information content (AvgIpc) is 2.91. The van der Waals surface area contributed by atoms with Crippen LogP contribution in [-0.2, 0) is 11.2 Å². The van der Waals surface area contributed by atoms with E-state index in [2.05, 4.69) is 23.6 Å². The topological polar surface area (TPSA) is 23.6 Å². The van der Waals surface area contributed by atoms with Gasteiger partial charge in [-0.25, -0.2) is 0 Å². The van der Waals surface area contributed by atoms with Gasteiger partial charge < -0.3 is 4.90 Å². The smallest absolute Gasteiger partial charge is 0.227 e. The van der Waals surface area contributed by atoms with E-state index in [9.17, 15) is 4.79 Å². The molecule has 1 spiro atoms. The highest BCUT2D eigenvalue weighted by atomic mass is 35.5. The summed E-state index contributed by atoms with van der Waals surface area (Å²) in [5, 5.41) is 0.721. The molecule has 0 aromatic heterocycles. The number of carbonyl (C=O) groups is 1. The van der Waals surface area contributed by atoms with E-state index >= 15 is 0 Å². The molecule has 1 amide bonds. The minimum atomic E-state index is 0.234. The van der Waals surface area contributed by atoms with E-state index in [1.54, 1.807) is 0 Å². The molecular formula is C20H29ClN2O. The first kappa shape index (κ1) is 17.8. The van der Waals surface area contributed by atoms with Crippen LogP contribution in [0.2, 0.25) is 5.02 Å². The van der Waals surface area contributed by atoms with Gasteiger partial charge in [-0.05, 0) is 55.8 Å². The molecule has 0 radical (unpaired) electrons. The van der Waals surface area contributed by atoms with Crippen LogP contribution in [0.15, 0.2) is 24.3 Å². The molecule has 0 unspecified atom stereocenters. The van der Waals surface area contributed by atoms with E-state index in [-0.39, 0.29) is 11.4 Å². The van der Waals surface area contributed by atoms with Crippen molar-refractivity contribution in [3.8, 4) is 0 Å². The van der Waals surface area contributed by atoms with Gasteiger partial charge >= 0.3 is 0 Å². The number of piperidine rings is 1. The molecule has 2 aliphatic rings. The van der Waals surface area contributed by atoms with Crippen molar-refractivity contribution in [2.45, 2.75) is 51.5 Å². The number of halogens is 1. The lowest BCUT2D eigenvalue weighted by Crippen LogP contribution is -2.57. The Kier molecular flexibility index (Phi) is 5.51. The molecule has 3 nitrogen and oxygen atoms in total. The maximum atomic E-state index is 12.8. The second-order valence-electron chi connectivity index (χ2n) is 7.89. The first-order valence-corrected chi connectivity index (χ1v) is 9.64. The van der Waals surface area contributed by atoms with Crippen molar-refractivity contribution in [2.24, 2.45) is 5.92 Å². The summed E-state index contributed by atoms with van der Waals surface area (Å²) in [6, 6.07) is 7.65. The Morgan fingerprint density at radius 1 is 1.17 bits per heavy atom. The number of hydrogen-bond acceptors (Lipinski definition) is 2. The lowest BCUT2D eigenvalue weighted by Gasteiger charge is -2.46. The molecule has 0 saturated carbocycles. The monoisotopic (exact) mass is 348 g/mol. The van der Waals surface area contributed by atoms with E-state index < -0.39 is 0 Å². The second-order valence-corrected chi connectivity index (χ2v) is 8.33. The minimum absolute atomic E-state index is 0.234. The molecule has 0 N–H and O–H groups in total. The predicted molar refractivity (Wildman–Crippen MR) is 99.3 cm³/mol. The Hall–Kier alpha value is -1.06. The molecule has 4 heteroatoms. The summed E-state index contributed by atoms with van der Waals surface area (Å²) in [7, 11) is 0. The van der Waals surface area contributed by atoms with Crippen LogP contribution in [0.4, 0.5) is 0 Å². The summed E-state index contributed by atoms with van der Waals surface area (Å²) in [6.45, 7) is 8.74. The van der Waals surface area contributed by atoms with Gasteiger partial charge in [-0.15, -0.1) is 0 Å². The standard InChI is InChI=1S/C20H29ClN2O/c1-16(2)14-23-12-4-10-20(23)9-3-11-22(15-20)19(24)13-17-5-7-18(21)8-6-17/h5-8,16H,3-4,9-15H2,1-2H3/t20-/m1/s1. The fourth-order valence-corrected chi connectivity index (χ4v) is 4.52. The van der Waals surface area contributed by atoms with E-state index in [1.165, 1.54) is 25.8 Å².